The molecule has 1 aromatic heterocycles. The maximum absolute atomic E-state index is 2.36. The Morgan fingerprint density at radius 1 is 0.260 bits per heavy atom. The van der Waals surface area contributed by atoms with E-state index in [1.807, 2.05) is 11.3 Å². The lowest BCUT2D eigenvalue weighted by Crippen LogP contribution is -2.09. The Hall–Kier alpha value is -6.22. The number of rotatable bonds is 7. The minimum absolute atomic E-state index is 1.12. The van der Waals surface area contributed by atoms with Crippen LogP contribution in [0.4, 0.5) is 17.1 Å². The van der Waals surface area contributed by atoms with Gasteiger partial charge in [0.25, 0.3) is 0 Å². The van der Waals surface area contributed by atoms with Crippen LogP contribution in [0, 0.1) is 0 Å². The molecule has 0 fully saturated rings. The van der Waals surface area contributed by atoms with E-state index in [9.17, 15) is 0 Å². The smallest absolute Gasteiger partial charge is 0.0462 e. The van der Waals surface area contributed by atoms with E-state index in [-0.39, 0.29) is 0 Å². The summed E-state index contributed by atoms with van der Waals surface area (Å²) in [5, 5.41) is 2.63. The number of hydrogen-bond donors (Lipinski definition) is 0. The van der Waals surface area contributed by atoms with Gasteiger partial charge < -0.3 is 4.90 Å². The molecule has 0 N–H and O–H groups in total. The highest BCUT2D eigenvalue weighted by molar-refractivity contribution is 7.25. The molecule has 0 saturated carbocycles. The summed E-state index contributed by atoms with van der Waals surface area (Å²) in [6.07, 6.45) is 0. The summed E-state index contributed by atoms with van der Waals surface area (Å²) < 4.78 is 2.64. The van der Waals surface area contributed by atoms with Crippen molar-refractivity contribution in [3.63, 3.8) is 0 Å². The van der Waals surface area contributed by atoms with Crippen LogP contribution in [0.5, 0.6) is 0 Å². The van der Waals surface area contributed by atoms with Gasteiger partial charge in [0.1, 0.15) is 0 Å². The summed E-state index contributed by atoms with van der Waals surface area (Å²) >= 11 is 1.86. The third kappa shape index (κ3) is 5.77. The van der Waals surface area contributed by atoms with E-state index in [2.05, 4.69) is 205 Å². The van der Waals surface area contributed by atoms with E-state index in [1.54, 1.807) is 0 Å². The first-order chi connectivity index (χ1) is 24.8. The Labute approximate surface area is 297 Å². The SMILES string of the molecule is c1ccc(-c2ccc(-c3ccc(N(c4ccccc4)c4ccc(-c5ccc6sc7ccc(-c8ccccc8)cc7c6c5)cc4)cc3)cc2)cc1. The first-order valence-corrected chi connectivity index (χ1v) is 17.8. The Morgan fingerprint density at radius 3 is 1.00 bits per heavy atom. The molecule has 0 spiro atoms. The Bertz CT molecular complexity index is 2530. The molecule has 0 aliphatic heterocycles. The van der Waals surface area contributed by atoms with Gasteiger partial charge in [-0.1, -0.05) is 140 Å². The highest BCUT2D eigenvalue weighted by atomic mass is 32.1. The standard InChI is InChI=1S/C48H33NS/c1-4-10-34(11-5-1)36-16-18-37(19-17-36)38-20-26-43(27-21-38)49(42-14-8-3-9-15-42)44-28-22-39(23-29-44)41-25-31-48-46(33-41)45-32-40(24-30-47(45)50-48)35-12-6-2-7-13-35/h1-33H. The summed E-state index contributed by atoms with van der Waals surface area (Å²) in [6, 6.07) is 72.2. The number of para-hydroxylation sites is 1. The number of nitrogens with zero attached hydrogens (tertiary/aromatic N) is 1. The summed E-state index contributed by atoms with van der Waals surface area (Å²) in [5.41, 5.74) is 13.2. The predicted molar refractivity (Wildman–Crippen MR) is 216 cm³/mol. The molecule has 0 radical (unpaired) electrons. The minimum atomic E-state index is 1.12. The second kappa shape index (κ2) is 13.0. The maximum Gasteiger partial charge on any atom is 0.0462 e. The van der Waals surface area contributed by atoms with Crippen LogP contribution >= 0.6 is 11.3 Å². The summed E-state index contributed by atoms with van der Waals surface area (Å²) in [7, 11) is 0. The van der Waals surface area contributed by atoms with Crippen molar-refractivity contribution in [3.8, 4) is 44.5 Å². The molecule has 0 bridgehead atoms. The highest BCUT2D eigenvalue weighted by Gasteiger charge is 2.14. The van der Waals surface area contributed by atoms with Crippen molar-refractivity contribution in [3.05, 3.63) is 200 Å². The second-order valence-corrected chi connectivity index (χ2v) is 13.7. The molecule has 236 valence electrons. The van der Waals surface area contributed by atoms with Crippen molar-refractivity contribution in [1.29, 1.82) is 0 Å². The first-order valence-electron chi connectivity index (χ1n) is 17.0. The third-order valence-corrected chi connectivity index (χ3v) is 10.7. The monoisotopic (exact) mass is 655 g/mol. The molecule has 9 rings (SSSR count). The molecule has 8 aromatic carbocycles. The van der Waals surface area contributed by atoms with Gasteiger partial charge in [-0.15, -0.1) is 11.3 Å². The van der Waals surface area contributed by atoms with Gasteiger partial charge in [0.2, 0.25) is 0 Å². The van der Waals surface area contributed by atoms with E-state index < -0.39 is 0 Å². The van der Waals surface area contributed by atoms with Crippen molar-refractivity contribution >= 4 is 48.6 Å². The predicted octanol–water partition coefficient (Wildman–Crippen LogP) is 14.2. The van der Waals surface area contributed by atoms with Crippen LogP contribution in [0.1, 0.15) is 0 Å². The quantitative estimate of drug-likeness (QED) is 0.165. The Morgan fingerprint density at radius 2 is 0.560 bits per heavy atom. The molecule has 0 aliphatic carbocycles. The fourth-order valence-corrected chi connectivity index (χ4v) is 7.95. The molecule has 2 heteroatoms. The van der Waals surface area contributed by atoms with Crippen molar-refractivity contribution in [2.24, 2.45) is 0 Å². The van der Waals surface area contributed by atoms with Crippen molar-refractivity contribution in [1.82, 2.24) is 0 Å². The van der Waals surface area contributed by atoms with Crippen LogP contribution in [-0.2, 0) is 0 Å². The number of anilines is 3. The number of fused-ring (bicyclic) bond motifs is 3. The molecule has 1 nitrogen and oxygen atoms in total. The third-order valence-electron chi connectivity index (χ3n) is 9.50. The fourth-order valence-electron chi connectivity index (χ4n) is 6.88. The zero-order chi connectivity index (χ0) is 33.3. The second-order valence-electron chi connectivity index (χ2n) is 12.6. The molecule has 0 unspecified atom stereocenters. The molecule has 9 aromatic rings. The molecule has 50 heavy (non-hydrogen) atoms. The largest absolute Gasteiger partial charge is 0.311 e. The number of benzene rings is 8. The van der Waals surface area contributed by atoms with E-state index in [0.29, 0.717) is 0 Å². The Kier molecular flexibility index (Phi) is 7.77. The van der Waals surface area contributed by atoms with Crippen molar-refractivity contribution in [2.75, 3.05) is 4.90 Å². The first kappa shape index (κ1) is 29.9. The maximum atomic E-state index is 2.36. The van der Waals surface area contributed by atoms with Crippen molar-refractivity contribution in [2.45, 2.75) is 0 Å². The lowest BCUT2D eigenvalue weighted by molar-refractivity contribution is 1.28. The van der Waals surface area contributed by atoms with Crippen LogP contribution in [0.2, 0.25) is 0 Å². The molecule has 0 atom stereocenters. The summed E-state index contributed by atoms with van der Waals surface area (Å²) in [4.78, 5) is 2.33. The van der Waals surface area contributed by atoms with E-state index >= 15 is 0 Å². The number of thiophene rings is 1. The minimum Gasteiger partial charge on any atom is -0.311 e. The van der Waals surface area contributed by atoms with Gasteiger partial charge in [0, 0.05) is 37.2 Å². The lowest BCUT2D eigenvalue weighted by atomic mass is 9.99. The van der Waals surface area contributed by atoms with Gasteiger partial charge in [-0.3, -0.25) is 0 Å². The van der Waals surface area contributed by atoms with Gasteiger partial charge >= 0.3 is 0 Å². The fraction of sp³-hybridized carbons (Fsp3) is 0. The zero-order valence-corrected chi connectivity index (χ0v) is 28.2. The topological polar surface area (TPSA) is 3.24 Å². The van der Waals surface area contributed by atoms with Crippen LogP contribution in [0.3, 0.4) is 0 Å². The normalized spacial score (nSPS) is 11.2. The van der Waals surface area contributed by atoms with Crippen molar-refractivity contribution < 1.29 is 0 Å². The molecule has 0 aliphatic rings. The van der Waals surface area contributed by atoms with Gasteiger partial charge in [0.05, 0.1) is 0 Å². The van der Waals surface area contributed by atoms with Crippen LogP contribution in [-0.4, -0.2) is 0 Å². The molecule has 0 saturated heterocycles. The van der Waals surface area contributed by atoms with Crippen LogP contribution < -0.4 is 4.90 Å². The molecular weight excluding hydrogens is 623 g/mol. The average Bonchev–Trinajstić information content (AvgIpc) is 3.57. The molecule has 0 amide bonds. The lowest BCUT2D eigenvalue weighted by Gasteiger charge is -2.26. The summed E-state index contributed by atoms with van der Waals surface area (Å²) in [6.45, 7) is 0. The zero-order valence-electron chi connectivity index (χ0n) is 27.4. The molecule has 1 heterocycles. The number of hydrogen-bond acceptors (Lipinski definition) is 2. The highest BCUT2D eigenvalue weighted by Crippen LogP contribution is 2.40. The molecular formula is C48H33NS. The van der Waals surface area contributed by atoms with Gasteiger partial charge in [0.15, 0.2) is 0 Å². The van der Waals surface area contributed by atoms with E-state index in [0.717, 1.165) is 17.1 Å². The van der Waals surface area contributed by atoms with Gasteiger partial charge in [-0.05, 0) is 105 Å². The van der Waals surface area contributed by atoms with E-state index in [1.165, 1.54) is 64.7 Å². The van der Waals surface area contributed by atoms with Gasteiger partial charge in [-0.2, -0.15) is 0 Å². The van der Waals surface area contributed by atoms with Crippen LogP contribution in [0.15, 0.2) is 200 Å². The summed E-state index contributed by atoms with van der Waals surface area (Å²) in [5.74, 6) is 0. The Balaban J connectivity index is 1.02. The average molecular weight is 656 g/mol. The van der Waals surface area contributed by atoms with Crippen LogP contribution in [0.25, 0.3) is 64.7 Å². The van der Waals surface area contributed by atoms with Gasteiger partial charge in [-0.25, -0.2) is 0 Å². The van der Waals surface area contributed by atoms with E-state index in [4.69, 9.17) is 0 Å².